The van der Waals surface area contributed by atoms with Gasteiger partial charge in [0.25, 0.3) is 5.91 Å². The number of rotatable bonds is 8. The van der Waals surface area contributed by atoms with Crippen LogP contribution in [0.25, 0.3) is 10.8 Å². The van der Waals surface area contributed by atoms with E-state index in [1.807, 2.05) is 6.92 Å². The van der Waals surface area contributed by atoms with Crippen molar-refractivity contribution in [2.45, 2.75) is 49.2 Å². The smallest absolute Gasteiger partial charge is 0.254 e. The van der Waals surface area contributed by atoms with Gasteiger partial charge in [0, 0.05) is 42.9 Å². The monoisotopic (exact) mass is 558 g/mol. The van der Waals surface area contributed by atoms with Crippen LogP contribution in [0.5, 0.6) is 0 Å². The molecule has 0 aliphatic carbocycles. The number of benzene rings is 2. The van der Waals surface area contributed by atoms with Gasteiger partial charge in [-0.3, -0.25) is 19.6 Å². The van der Waals surface area contributed by atoms with Crippen molar-refractivity contribution in [3.8, 4) is 0 Å². The highest BCUT2D eigenvalue weighted by Gasteiger charge is 2.38. The van der Waals surface area contributed by atoms with Crippen LogP contribution in [0.4, 0.5) is 0 Å². The average Bonchev–Trinajstić information content (AvgIpc) is 3.54. The molecule has 0 radical (unpaired) electrons. The number of carbonyl (C=O) groups excluding carboxylic acids is 2. The molecular formula is C26H31ClN6O4S. The summed E-state index contributed by atoms with van der Waals surface area (Å²) >= 11 is 6.03. The van der Waals surface area contributed by atoms with Gasteiger partial charge in [0.15, 0.2) is 0 Å². The Bertz CT molecular complexity index is 1430. The molecular weight excluding hydrogens is 528 g/mol. The van der Waals surface area contributed by atoms with Gasteiger partial charge in [-0.1, -0.05) is 23.7 Å². The van der Waals surface area contributed by atoms with Gasteiger partial charge >= 0.3 is 0 Å². The van der Waals surface area contributed by atoms with E-state index in [2.05, 4.69) is 25.1 Å². The van der Waals surface area contributed by atoms with E-state index in [1.54, 1.807) is 41.4 Å². The van der Waals surface area contributed by atoms with Crippen LogP contribution in [0.15, 0.2) is 53.7 Å². The van der Waals surface area contributed by atoms with Crippen LogP contribution in [-0.4, -0.2) is 84.5 Å². The molecule has 3 aromatic rings. The van der Waals surface area contributed by atoms with Gasteiger partial charge in [-0.05, 0) is 67.8 Å². The molecule has 3 N–H and O–H groups in total. The maximum Gasteiger partial charge on any atom is 0.254 e. The minimum atomic E-state index is -3.88. The first-order valence-corrected chi connectivity index (χ1v) is 14.6. The van der Waals surface area contributed by atoms with Crippen LogP contribution < -0.4 is 10.0 Å². The molecule has 0 bridgehead atoms. The number of H-pyrrole nitrogens is 1. The Morgan fingerprint density at radius 2 is 1.97 bits per heavy atom. The van der Waals surface area contributed by atoms with Gasteiger partial charge in [0.2, 0.25) is 15.9 Å². The largest absolute Gasteiger partial charge is 0.348 e. The Labute approximate surface area is 226 Å². The lowest BCUT2D eigenvalue weighted by molar-refractivity contribution is -0.131. The summed E-state index contributed by atoms with van der Waals surface area (Å²) in [6.07, 6.45) is 5.31. The highest BCUT2D eigenvalue weighted by molar-refractivity contribution is 7.89. The summed E-state index contributed by atoms with van der Waals surface area (Å²) in [7, 11) is -3.88. The van der Waals surface area contributed by atoms with Crippen LogP contribution >= 0.6 is 11.6 Å². The van der Waals surface area contributed by atoms with Gasteiger partial charge in [0.05, 0.1) is 16.7 Å². The van der Waals surface area contributed by atoms with Crippen molar-refractivity contribution in [1.29, 1.82) is 0 Å². The minimum absolute atomic E-state index is 0.0187. The fourth-order valence-electron chi connectivity index (χ4n) is 5.32. The average molecular weight is 559 g/mol. The van der Waals surface area contributed by atoms with Crippen LogP contribution in [-0.2, 0) is 14.8 Å². The van der Waals surface area contributed by atoms with Gasteiger partial charge in [-0.15, -0.1) is 0 Å². The summed E-state index contributed by atoms with van der Waals surface area (Å²) < 4.78 is 28.8. The van der Waals surface area contributed by atoms with E-state index in [1.165, 1.54) is 12.3 Å². The quantitative estimate of drug-likeness (QED) is 0.389. The number of nitrogens with zero attached hydrogens (tertiary/aromatic N) is 3. The molecule has 2 fully saturated rings. The molecule has 0 saturated carbocycles. The molecule has 2 aliphatic rings. The van der Waals surface area contributed by atoms with Crippen molar-refractivity contribution in [2.24, 2.45) is 0 Å². The highest BCUT2D eigenvalue weighted by Crippen LogP contribution is 2.24. The van der Waals surface area contributed by atoms with Crippen LogP contribution in [0.3, 0.4) is 0 Å². The predicted octanol–water partition coefficient (Wildman–Crippen LogP) is 2.38. The Kier molecular flexibility index (Phi) is 7.71. The predicted molar refractivity (Wildman–Crippen MR) is 144 cm³/mol. The summed E-state index contributed by atoms with van der Waals surface area (Å²) in [5, 5.41) is 11.7. The van der Waals surface area contributed by atoms with E-state index >= 15 is 0 Å². The van der Waals surface area contributed by atoms with E-state index in [4.69, 9.17) is 11.6 Å². The number of hydrogen-bond acceptors (Lipinski definition) is 6. The molecule has 2 saturated heterocycles. The summed E-state index contributed by atoms with van der Waals surface area (Å²) in [5.74, 6) is -0.367. The van der Waals surface area contributed by atoms with Crippen molar-refractivity contribution in [3.63, 3.8) is 0 Å². The van der Waals surface area contributed by atoms with Gasteiger partial charge in [-0.2, -0.15) is 9.82 Å². The SMILES string of the molecule is C[C@@H](CN1CCCC(NC(=O)c2cn[nH]c2)C1)N1CC[C@H](NS(=O)(=O)c2ccc3cc(Cl)ccc3c2)C1=O. The van der Waals surface area contributed by atoms with Gasteiger partial charge in [-0.25, -0.2) is 8.42 Å². The van der Waals surface area contributed by atoms with Crippen LogP contribution in [0, 0.1) is 0 Å². The number of carbonyl (C=O) groups is 2. The van der Waals surface area contributed by atoms with Crippen molar-refractivity contribution < 1.29 is 18.0 Å². The van der Waals surface area contributed by atoms with E-state index in [-0.39, 0.29) is 28.8 Å². The zero-order chi connectivity index (χ0) is 26.9. The molecule has 202 valence electrons. The molecule has 0 spiro atoms. The molecule has 10 nitrogen and oxygen atoms in total. The summed E-state index contributed by atoms with van der Waals surface area (Å²) in [4.78, 5) is 29.7. The summed E-state index contributed by atoms with van der Waals surface area (Å²) in [6.45, 7) is 4.69. The number of fused-ring (bicyclic) bond motifs is 1. The van der Waals surface area contributed by atoms with Crippen LogP contribution in [0.1, 0.15) is 36.5 Å². The first kappa shape index (κ1) is 26.6. The maximum absolute atomic E-state index is 13.2. The summed E-state index contributed by atoms with van der Waals surface area (Å²) in [6, 6.07) is 9.22. The second-order valence-electron chi connectivity index (χ2n) is 10.1. The van der Waals surface area contributed by atoms with E-state index in [9.17, 15) is 18.0 Å². The van der Waals surface area contributed by atoms with E-state index in [0.29, 0.717) is 36.6 Å². The fourth-order valence-corrected chi connectivity index (χ4v) is 6.76. The Morgan fingerprint density at radius 1 is 1.18 bits per heavy atom. The van der Waals surface area contributed by atoms with Gasteiger partial charge < -0.3 is 10.2 Å². The second kappa shape index (κ2) is 11.0. The number of sulfonamides is 1. The highest BCUT2D eigenvalue weighted by atomic mass is 35.5. The lowest BCUT2D eigenvalue weighted by Gasteiger charge is -2.36. The fraction of sp³-hybridized carbons (Fsp3) is 0.423. The Balaban J connectivity index is 1.17. The number of aromatic nitrogens is 2. The molecule has 5 rings (SSSR count). The van der Waals surface area contributed by atoms with Crippen LogP contribution in [0.2, 0.25) is 5.02 Å². The van der Waals surface area contributed by atoms with Crippen molar-refractivity contribution in [3.05, 3.63) is 59.4 Å². The first-order valence-electron chi connectivity index (χ1n) is 12.7. The zero-order valence-electron chi connectivity index (χ0n) is 21.1. The lowest BCUT2D eigenvalue weighted by atomic mass is 10.0. The number of likely N-dealkylation sites (tertiary alicyclic amines) is 2. The Morgan fingerprint density at radius 3 is 2.76 bits per heavy atom. The molecule has 38 heavy (non-hydrogen) atoms. The molecule has 2 aliphatic heterocycles. The van der Waals surface area contributed by atoms with Crippen molar-refractivity contribution >= 4 is 44.2 Å². The number of hydrogen-bond donors (Lipinski definition) is 3. The lowest BCUT2D eigenvalue weighted by Crippen LogP contribution is -2.52. The maximum atomic E-state index is 13.2. The third-order valence-corrected chi connectivity index (χ3v) is 8.98. The minimum Gasteiger partial charge on any atom is -0.348 e. The third-order valence-electron chi connectivity index (χ3n) is 7.28. The number of nitrogens with one attached hydrogen (secondary N) is 3. The molecule has 1 unspecified atom stereocenters. The van der Waals surface area contributed by atoms with E-state index in [0.717, 1.165) is 30.2 Å². The first-order chi connectivity index (χ1) is 18.2. The van der Waals surface area contributed by atoms with Crippen molar-refractivity contribution in [1.82, 2.24) is 30.0 Å². The second-order valence-corrected chi connectivity index (χ2v) is 12.2. The summed E-state index contributed by atoms with van der Waals surface area (Å²) in [5.41, 5.74) is 0.500. The molecule has 12 heteroatoms. The van der Waals surface area contributed by atoms with Crippen molar-refractivity contribution in [2.75, 3.05) is 26.2 Å². The number of piperidine rings is 1. The standard InChI is InChI=1S/C26H31ClN6O4S/c1-17(15-32-9-2-3-22(16-32)30-25(34)20-13-28-29-14-20)33-10-8-24(26(33)35)31-38(36,37)23-7-5-18-11-21(27)6-4-19(18)12-23/h4-7,11-14,17,22,24,31H,2-3,8-10,15-16H2,1H3,(H,28,29)(H,30,34)/t17-,22?,24-/m0/s1. The molecule has 3 atom stereocenters. The topological polar surface area (TPSA) is 128 Å². The normalized spacial score (nSPS) is 21.6. The van der Waals surface area contributed by atoms with Gasteiger partial charge in [0.1, 0.15) is 6.04 Å². The molecule has 3 heterocycles. The number of halogens is 1. The molecule has 2 aromatic carbocycles. The molecule has 1 aromatic heterocycles. The third kappa shape index (κ3) is 5.85. The zero-order valence-corrected chi connectivity index (χ0v) is 22.6. The number of amides is 2. The Hall–Kier alpha value is -2.99. The molecule has 2 amide bonds. The number of aromatic amines is 1. The van der Waals surface area contributed by atoms with E-state index < -0.39 is 16.1 Å².